The Morgan fingerprint density at radius 1 is 1.26 bits per heavy atom. The van der Waals surface area contributed by atoms with Crippen molar-refractivity contribution >= 4 is 29.3 Å². The summed E-state index contributed by atoms with van der Waals surface area (Å²) in [7, 11) is 0. The van der Waals surface area contributed by atoms with Crippen molar-refractivity contribution in [1.82, 2.24) is 4.90 Å². The number of carbonyl (C=O) groups is 1. The zero-order valence-electron chi connectivity index (χ0n) is 11.0. The molecule has 1 aromatic rings. The predicted molar refractivity (Wildman–Crippen MR) is 80.1 cm³/mol. The fourth-order valence-corrected chi connectivity index (χ4v) is 4.40. The van der Waals surface area contributed by atoms with Gasteiger partial charge in [-0.1, -0.05) is 12.1 Å². The molecule has 1 amide bonds. The van der Waals surface area contributed by atoms with E-state index in [-0.39, 0.29) is 11.3 Å². The zero-order chi connectivity index (χ0) is 13.4. The number of amides is 1. The summed E-state index contributed by atoms with van der Waals surface area (Å²) in [6.45, 7) is 0. The Balaban J connectivity index is 1.89. The molecule has 2 aliphatic rings. The SMILES string of the molecule is CSc1ccccc1C(=O)N1C2CCC1CC(Cl)C2. The number of hydrogen-bond donors (Lipinski definition) is 0. The molecule has 3 rings (SSSR count). The highest BCUT2D eigenvalue weighted by molar-refractivity contribution is 7.98. The summed E-state index contributed by atoms with van der Waals surface area (Å²) in [5.41, 5.74) is 0.847. The van der Waals surface area contributed by atoms with Crippen LogP contribution in [0.1, 0.15) is 36.0 Å². The van der Waals surface area contributed by atoms with Crippen LogP contribution in [0.5, 0.6) is 0 Å². The summed E-state index contributed by atoms with van der Waals surface area (Å²) in [4.78, 5) is 16.0. The molecule has 2 atom stereocenters. The Labute approximate surface area is 123 Å². The van der Waals surface area contributed by atoms with E-state index < -0.39 is 0 Å². The second kappa shape index (κ2) is 5.37. The maximum atomic E-state index is 12.8. The molecular formula is C15H18ClNOS. The number of carbonyl (C=O) groups excluding carboxylic acids is 1. The maximum Gasteiger partial charge on any atom is 0.255 e. The molecular weight excluding hydrogens is 278 g/mol. The van der Waals surface area contributed by atoms with Crippen LogP contribution in [0, 0.1) is 0 Å². The van der Waals surface area contributed by atoms with Crippen molar-refractivity contribution in [1.29, 1.82) is 0 Å². The van der Waals surface area contributed by atoms with Gasteiger partial charge in [0.25, 0.3) is 5.91 Å². The van der Waals surface area contributed by atoms with Crippen molar-refractivity contribution in [3.8, 4) is 0 Å². The van der Waals surface area contributed by atoms with E-state index in [1.54, 1.807) is 11.8 Å². The Morgan fingerprint density at radius 2 is 1.89 bits per heavy atom. The van der Waals surface area contributed by atoms with Crippen molar-refractivity contribution < 1.29 is 4.79 Å². The van der Waals surface area contributed by atoms with Crippen LogP contribution in [-0.2, 0) is 0 Å². The first-order valence-electron chi connectivity index (χ1n) is 6.80. The van der Waals surface area contributed by atoms with Gasteiger partial charge in [-0.05, 0) is 44.1 Å². The highest BCUT2D eigenvalue weighted by Gasteiger charge is 2.43. The van der Waals surface area contributed by atoms with E-state index in [9.17, 15) is 4.79 Å². The zero-order valence-corrected chi connectivity index (χ0v) is 12.6. The quantitative estimate of drug-likeness (QED) is 0.611. The molecule has 0 radical (unpaired) electrons. The maximum absolute atomic E-state index is 12.8. The summed E-state index contributed by atoms with van der Waals surface area (Å²) in [6.07, 6.45) is 6.14. The minimum atomic E-state index is 0.195. The van der Waals surface area contributed by atoms with E-state index in [0.29, 0.717) is 12.1 Å². The summed E-state index contributed by atoms with van der Waals surface area (Å²) in [5, 5.41) is 0.248. The minimum absolute atomic E-state index is 0.195. The number of nitrogens with zero attached hydrogens (tertiary/aromatic N) is 1. The van der Waals surface area contributed by atoms with Gasteiger partial charge in [-0.3, -0.25) is 4.79 Å². The molecule has 2 nitrogen and oxygen atoms in total. The summed E-state index contributed by atoms with van der Waals surface area (Å²) in [5.74, 6) is 0.195. The summed E-state index contributed by atoms with van der Waals surface area (Å²) < 4.78 is 0. The van der Waals surface area contributed by atoms with Crippen LogP contribution in [0.3, 0.4) is 0 Å². The van der Waals surface area contributed by atoms with Crippen LogP contribution >= 0.6 is 23.4 Å². The van der Waals surface area contributed by atoms with Gasteiger partial charge in [0.15, 0.2) is 0 Å². The van der Waals surface area contributed by atoms with Crippen molar-refractivity contribution in [2.75, 3.05) is 6.26 Å². The molecule has 4 heteroatoms. The minimum Gasteiger partial charge on any atom is -0.333 e. The predicted octanol–water partition coefficient (Wildman–Crippen LogP) is 3.78. The lowest BCUT2D eigenvalue weighted by Crippen LogP contribution is -2.47. The number of alkyl halides is 1. The molecule has 2 saturated heterocycles. The molecule has 2 fully saturated rings. The molecule has 0 saturated carbocycles. The Hall–Kier alpha value is -0.670. The van der Waals surface area contributed by atoms with Crippen LogP contribution in [-0.4, -0.2) is 34.5 Å². The lowest BCUT2D eigenvalue weighted by atomic mass is 10.0. The van der Waals surface area contributed by atoms with E-state index in [1.807, 2.05) is 30.5 Å². The Kier molecular flexibility index (Phi) is 3.77. The third-order valence-corrected chi connectivity index (χ3v) is 5.40. The van der Waals surface area contributed by atoms with Gasteiger partial charge >= 0.3 is 0 Å². The molecule has 0 N–H and O–H groups in total. The van der Waals surface area contributed by atoms with Gasteiger partial charge < -0.3 is 4.90 Å². The van der Waals surface area contributed by atoms with Gasteiger partial charge in [-0.2, -0.15) is 0 Å². The number of benzene rings is 1. The molecule has 2 aliphatic heterocycles. The third kappa shape index (κ3) is 2.38. The first kappa shape index (κ1) is 13.3. The average Bonchev–Trinajstić information content (AvgIpc) is 2.70. The Bertz CT molecular complexity index is 479. The van der Waals surface area contributed by atoms with Crippen molar-refractivity contribution in [2.24, 2.45) is 0 Å². The molecule has 1 aromatic carbocycles. The first-order chi connectivity index (χ1) is 9.20. The van der Waals surface area contributed by atoms with Gasteiger partial charge in [-0.25, -0.2) is 0 Å². The number of hydrogen-bond acceptors (Lipinski definition) is 2. The second-order valence-electron chi connectivity index (χ2n) is 5.37. The number of halogens is 1. The topological polar surface area (TPSA) is 20.3 Å². The Morgan fingerprint density at radius 3 is 2.53 bits per heavy atom. The van der Waals surface area contributed by atoms with Crippen LogP contribution < -0.4 is 0 Å². The normalized spacial score (nSPS) is 29.6. The third-order valence-electron chi connectivity index (χ3n) is 4.25. The smallest absolute Gasteiger partial charge is 0.255 e. The monoisotopic (exact) mass is 295 g/mol. The highest BCUT2D eigenvalue weighted by atomic mass is 35.5. The molecule has 102 valence electrons. The molecule has 2 heterocycles. The fourth-order valence-electron chi connectivity index (χ4n) is 3.40. The molecule has 0 spiro atoms. The lowest BCUT2D eigenvalue weighted by Gasteiger charge is -2.37. The summed E-state index contributed by atoms with van der Waals surface area (Å²) >= 11 is 7.92. The van der Waals surface area contributed by atoms with Gasteiger partial charge in [0.05, 0.1) is 5.56 Å². The number of rotatable bonds is 2. The number of fused-ring (bicyclic) bond motifs is 2. The number of piperidine rings is 1. The van der Waals surface area contributed by atoms with Crippen LogP contribution in [0.25, 0.3) is 0 Å². The van der Waals surface area contributed by atoms with Gasteiger partial charge in [0.1, 0.15) is 0 Å². The first-order valence-corrected chi connectivity index (χ1v) is 8.46. The molecule has 2 unspecified atom stereocenters. The van der Waals surface area contributed by atoms with Crippen LogP contribution in [0.4, 0.5) is 0 Å². The van der Waals surface area contributed by atoms with Crippen LogP contribution in [0.15, 0.2) is 29.2 Å². The van der Waals surface area contributed by atoms with E-state index in [1.165, 1.54) is 0 Å². The second-order valence-corrected chi connectivity index (χ2v) is 6.83. The van der Waals surface area contributed by atoms with Crippen molar-refractivity contribution in [3.05, 3.63) is 29.8 Å². The largest absolute Gasteiger partial charge is 0.333 e. The molecule has 2 bridgehead atoms. The summed E-state index contributed by atoms with van der Waals surface area (Å²) in [6, 6.07) is 8.60. The molecule has 19 heavy (non-hydrogen) atoms. The molecule has 0 aromatic heterocycles. The average molecular weight is 296 g/mol. The lowest BCUT2D eigenvalue weighted by molar-refractivity contribution is 0.0596. The van der Waals surface area contributed by atoms with Crippen molar-refractivity contribution in [3.63, 3.8) is 0 Å². The highest BCUT2D eigenvalue weighted by Crippen LogP contribution is 2.39. The van der Waals surface area contributed by atoms with Gasteiger partial charge in [0.2, 0.25) is 0 Å². The van der Waals surface area contributed by atoms with Gasteiger partial charge in [0, 0.05) is 22.4 Å². The van der Waals surface area contributed by atoms with E-state index in [0.717, 1.165) is 36.1 Å². The van der Waals surface area contributed by atoms with Crippen molar-refractivity contribution in [2.45, 2.75) is 48.0 Å². The van der Waals surface area contributed by atoms with Gasteiger partial charge in [-0.15, -0.1) is 23.4 Å². The number of thioether (sulfide) groups is 1. The molecule has 0 aliphatic carbocycles. The fraction of sp³-hybridized carbons (Fsp3) is 0.533. The van der Waals surface area contributed by atoms with E-state index in [2.05, 4.69) is 4.90 Å². The van der Waals surface area contributed by atoms with Crippen LogP contribution in [0.2, 0.25) is 0 Å². The standard InChI is InChI=1S/C15H18ClNOS/c1-19-14-5-3-2-4-13(14)15(18)17-11-6-7-12(17)9-10(16)8-11/h2-5,10-12H,6-9H2,1H3. The van der Waals surface area contributed by atoms with E-state index in [4.69, 9.17) is 11.6 Å². The van der Waals surface area contributed by atoms with E-state index >= 15 is 0 Å².